The highest BCUT2D eigenvalue weighted by molar-refractivity contribution is 5.90. The van der Waals surface area contributed by atoms with E-state index in [1.807, 2.05) is 60.7 Å². The molecular weight excluding hydrogens is 536 g/mol. The molecule has 4 aromatic rings. The van der Waals surface area contributed by atoms with Crippen molar-refractivity contribution in [2.45, 2.75) is 49.8 Å². The van der Waals surface area contributed by atoms with Crippen LogP contribution in [0.4, 0.5) is 0 Å². The van der Waals surface area contributed by atoms with E-state index >= 15 is 0 Å². The van der Waals surface area contributed by atoms with Gasteiger partial charge in [-0.1, -0.05) is 97.1 Å². The summed E-state index contributed by atoms with van der Waals surface area (Å²) in [4.78, 5) is 26.6. The van der Waals surface area contributed by atoms with Crippen molar-refractivity contribution in [1.82, 2.24) is 0 Å². The molecule has 0 unspecified atom stereocenters. The fourth-order valence-electron chi connectivity index (χ4n) is 4.87. The third-order valence-electron chi connectivity index (χ3n) is 7.07. The Morgan fingerprint density at radius 3 is 1.12 bits per heavy atom. The summed E-state index contributed by atoms with van der Waals surface area (Å²) in [5.74, 6) is -1.42. The summed E-state index contributed by atoms with van der Waals surface area (Å²) in [6.07, 6.45) is -8.22. The molecule has 1 saturated carbocycles. The van der Waals surface area contributed by atoms with Crippen molar-refractivity contribution in [3.8, 4) is 0 Å². The van der Waals surface area contributed by atoms with Gasteiger partial charge in [0.05, 0.1) is 24.3 Å². The lowest BCUT2D eigenvalue weighted by molar-refractivity contribution is -0.249. The zero-order valence-electron chi connectivity index (χ0n) is 22.8. The molecule has 5 rings (SSSR count). The first-order chi connectivity index (χ1) is 20.5. The van der Waals surface area contributed by atoms with Crippen molar-refractivity contribution in [2.75, 3.05) is 0 Å². The van der Waals surface area contributed by atoms with Crippen LogP contribution in [0, 0.1) is 0 Å². The van der Waals surface area contributed by atoms with Crippen LogP contribution in [0.15, 0.2) is 121 Å². The van der Waals surface area contributed by atoms with Gasteiger partial charge >= 0.3 is 11.9 Å². The van der Waals surface area contributed by atoms with Crippen molar-refractivity contribution in [3.63, 3.8) is 0 Å². The van der Waals surface area contributed by atoms with Crippen LogP contribution in [-0.4, -0.2) is 58.8 Å². The monoisotopic (exact) mass is 568 g/mol. The standard InChI is InChI=1S/C34H32O8/c35-27-28(36)30(40-22-24-15-7-2-8-16-24)32(42-34(38)26-19-11-4-12-20-26)31(41-33(37)25-17-9-3-10-18-25)29(27)39-21-23-13-5-1-6-14-23/h1-20,27-32,35-36H,21-22H2/t27-,28+,29-,30-,31-,32+/m0/s1. The summed E-state index contributed by atoms with van der Waals surface area (Å²) in [5.41, 5.74) is 2.12. The second kappa shape index (κ2) is 14.0. The van der Waals surface area contributed by atoms with Crippen LogP contribution >= 0.6 is 0 Å². The molecule has 0 radical (unpaired) electrons. The molecule has 0 aliphatic heterocycles. The van der Waals surface area contributed by atoms with Gasteiger partial charge in [0.2, 0.25) is 0 Å². The molecule has 1 aliphatic carbocycles. The molecule has 0 saturated heterocycles. The number of carbonyl (C=O) groups excluding carboxylic acids is 2. The second-order valence-electron chi connectivity index (χ2n) is 9.98. The summed E-state index contributed by atoms with van der Waals surface area (Å²) >= 11 is 0. The molecule has 0 bridgehead atoms. The summed E-state index contributed by atoms with van der Waals surface area (Å²) in [6.45, 7) is 0.0904. The average molecular weight is 569 g/mol. The van der Waals surface area contributed by atoms with Crippen LogP contribution in [0.3, 0.4) is 0 Å². The zero-order chi connectivity index (χ0) is 29.3. The van der Waals surface area contributed by atoms with E-state index in [1.54, 1.807) is 60.7 Å². The van der Waals surface area contributed by atoms with E-state index < -0.39 is 48.6 Å². The van der Waals surface area contributed by atoms with Crippen molar-refractivity contribution in [2.24, 2.45) is 0 Å². The number of hydrogen-bond donors (Lipinski definition) is 2. The van der Waals surface area contributed by atoms with Gasteiger partial charge in [0.1, 0.15) is 24.4 Å². The SMILES string of the molecule is O=C(O[C@@H]1[C@H](OC(=O)c2ccccc2)[C@@H](OCc2ccccc2)[C@H](O)[C@H](O)[C@@H]1OCc1ccccc1)c1ccccc1. The van der Waals surface area contributed by atoms with Crippen LogP contribution in [0.25, 0.3) is 0 Å². The quantitative estimate of drug-likeness (QED) is 0.272. The number of rotatable bonds is 10. The molecule has 6 atom stereocenters. The Morgan fingerprint density at radius 1 is 0.476 bits per heavy atom. The molecular formula is C34H32O8. The molecule has 0 spiro atoms. The van der Waals surface area contributed by atoms with Crippen molar-refractivity contribution >= 4 is 11.9 Å². The number of ether oxygens (including phenoxy) is 4. The maximum Gasteiger partial charge on any atom is 0.338 e. The van der Waals surface area contributed by atoms with Gasteiger partial charge in [0.15, 0.2) is 12.2 Å². The zero-order valence-corrected chi connectivity index (χ0v) is 22.8. The van der Waals surface area contributed by atoms with E-state index in [4.69, 9.17) is 18.9 Å². The van der Waals surface area contributed by atoms with Crippen molar-refractivity contribution in [3.05, 3.63) is 144 Å². The molecule has 8 nitrogen and oxygen atoms in total. The van der Waals surface area contributed by atoms with Gasteiger partial charge in [-0.2, -0.15) is 0 Å². The van der Waals surface area contributed by atoms with E-state index in [0.717, 1.165) is 11.1 Å². The lowest BCUT2D eigenvalue weighted by Gasteiger charge is -2.46. The molecule has 4 aromatic carbocycles. The van der Waals surface area contributed by atoms with Crippen LogP contribution in [-0.2, 0) is 32.2 Å². The lowest BCUT2D eigenvalue weighted by Crippen LogP contribution is -2.66. The summed E-state index contributed by atoms with van der Waals surface area (Å²) in [6, 6.07) is 35.1. The van der Waals surface area contributed by atoms with Gasteiger partial charge in [0.25, 0.3) is 0 Å². The normalized spacial score (nSPS) is 23.6. The first-order valence-corrected chi connectivity index (χ1v) is 13.7. The van der Waals surface area contributed by atoms with Gasteiger partial charge in [-0.05, 0) is 35.4 Å². The largest absolute Gasteiger partial charge is 0.452 e. The van der Waals surface area contributed by atoms with E-state index in [1.165, 1.54) is 0 Å². The molecule has 1 aliphatic rings. The predicted octanol–water partition coefficient (Wildman–Crippen LogP) is 4.34. The van der Waals surface area contributed by atoms with Crippen molar-refractivity contribution < 1.29 is 38.7 Å². The second-order valence-corrected chi connectivity index (χ2v) is 9.98. The molecule has 42 heavy (non-hydrogen) atoms. The van der Waals surface area contributed by atoms with Crippen LogP contribution in [0.1, 0.15) is 31.8 Å². The van der Waals surface area contributed by atoms with Gasteiger partial charge < -0.3 is 29.2 Å². The highest BCUT2D eigenvalue weighted by atomic mass is 16.6. The summed E-state index contributed by atoms with van der Waals surface area (Å²) < 4.78 is 24.1. The molecule has 0 aromatic heterocycles. The maximum atomic E-state index is 13.3. The van der Waals surface area contributed by atoms with Gasteiger partial charge in [-0.25, -0.2) is 9.59 Å². The number of aliphatic hydroxyl groups is 2. The van der Waals surface area contributed by atoms with Crippen molar-refractivity contribution in [1.29, 1.82) is 0 Å². The van der Waals surface area contributed by atoms with E-state index in [9.17, 15) is 19.8 Å². The Bertz CT molecular complexity index is 1300. The third kappa shape index (κ3) is 7.10. The third-order valence-corrected chi connectivity index (χ3v) is 7.07. The fourth-order valence-corrected chi connectivity index (χ4v) is 4.87. The number of benzene rings is 4. The predicted molar refractivity (Wildman–Crippen MR) is 153 cm³/mol. The number of hydrogen-bond acceptors (Lipinski definition) is 8. The molecule has 1 fully saturated rings. The van der Waals surface area contributed by atoms with Gasteiger partial charge in [-0.15, -0.1) is 0 Å². The number of aliphatic hydroxyl groups excluding tert-OH is 2. The first-order valence-electron chi connectivity index (χ1n) is 13.7. The van der Waals surface area contributed by atoms with Gasteiger partial charge in [-0.3, -0.25) is 0 Å². The highest BCUT2D eigenvalue weighted by Crippen LogP contribution is 2.33. The first kappa shape index (κ1) is 29.2. The molecule has 0 heterocycles. The molecule has 2 N–H and O–H groups in total. The minimum Gasteiger partial charge on any atom is -0.452 e. The molecule has 0 amide bonds. The fraction of sp³-hybridized carbons (Fsp3) is 0.235. The van der Waals surface area contributed by atoms with E-state index in [2.05, 4.69) is 0 Å². The van der Waals surface area contributed by atoms with E-state index in [0.29, 0.717) is 0 Å². The van der Waals surface area contributed by atoms with E-state index in [-0.39, 0.29) is 24.3 Å². The maximum absolute atomic E-state index is 13.3. The highest BCUT2D eigenvalue weighted by Gasteiger charge is 2.55. The smallest absolute Gasteiger partial charge is 0.338 e. The summed E-state index contributed by atoms with van der Waals surface area (Å²) in [5, 5.41) is 22.6. The minimum absolute atomic E-state index is 0.0452. The number of carbonyl (C=O) groups is 2. The van der Waals surface area contributed by atoms with Crippen LogP contribution < -0.4 is 0 Å². The van der Waals surface area contributed by atoms with Crippen LogP contribution in [0.2, 0.25) is 0 Å². The Labute approximate surface area is 244 Å². The summed E-state index contributed by atoms with van der Waals surface area (Å²) in [7, 11) is 0. The Kier molecular flexibility index (Phi) is 9.74. The lowest BCUT2D eigenvalue weighted by atomic mass is 9.84. The number of esters is 2. The Morgan fingerprint density at radius 2 is 0.786 bits per heavy atom. The average Bonchev–Trinajstić information content (AvgIpc) is 3.04. The molecule has 8 heteroatoms. The molecule has 216 valence electrons. The Hall–Kier alpha value is -4.34. The van der Waals surface area contributed by atoms with Crippen LogP contribution in [0.5, 0.6) is 0 Å². The van der Waals surface area contributed by atoms with Gasteiger partial charge in [0, 0.05) is 0 Å². The minimum atomic E-state index is -1.53. The topological polar surface area (TPSA) is 112 Å². The Balaban J connectivity index is 1.49.